The molecule has 4 rings (SSSR count). The third-order valence-corrected chi connectivity index (χ3v) is 3.51. The summed E-state index contributed by atoms with van der Waals surface area (Å²) < 4.78 is 17.1. The molecule has 0 aliphatic rings. The number of anilines is 2. The molecule has 4 heterocycles. The van der Waals surface area contributed by atoms with Gasteiger partial charge in [0.05, 0.1) is 36.2 Å². The molecule has 0 amide bonds. The molecule has 9 heteroatoms. The first-order valence-corrected chi connectivity index (χ1v) is 7.21. The van der Waals surface area contributed by atoms with Crippen molar-refractivity contribution >= 4 is 22.7 Å². The fourth-order valence-electron chi connectivity index (χ4n) is 2.35. The molecule has 0 atom stereocenters. The van der Waals surface area contributed by atoms with Crippen molar-refractivity contribution in [2.24, 2.45) is 7.05 Å². The van der Waals surface area contributed by atoms with Gasteiger partial charge in [0.15, 0.2) is 5.65 Å². The monoisotopic (exact) mass is 324 g/mol. The zero-order valence-corrected chi connectivity index (χ0v) is 12.8. The Morgan fingerprint density at radius 1 is 1.17 bits per heavy atom. The van der Waals surface area contributed by atoms with Gasteiger partial charge in [-0.2, -0.15) is 15.2 Å². The lowest BCUT2D eigenvalue weighted by Crippen LogP contribution is -2.06. The zero-order valence-electron chi connectivity index (χ0n) is 12.8. The largest absolute Gasteiger partial charge is 0.321 e. The Kier molecular flexibility index (Phi) is 3.38. The molecule has 0 saturated carbocycles. The summed E-state index contributed by atoms with van der Waals surface area (Å²) in [7, 11) is 1.83. The van der Waals surface area contributed by atoms with Gasteiger partial charge in [-0.1, -0.05) is 0 Å². The molecule has 0 aliphatic carbocycles. The average molecular weight is 324 g/mol. The topological polar surface area (TPSA) is 86.3 Å². The first kappa shape index (κ1) is 14.2. The van der Waals surface area contributed by atoms with Gasteiger partial charge in [0.2, 0.25) is 5.95 Å². The maximum atomic E-state index is 13.8. The standard InChI is InChI=1S/C15H13FN8/c1-23-9-12(6-19-23)21-15-18-4-11-5-20-24(14(11)22-15)8-10-2-3-17-7-13(10)16/h2-7,9H,8H2,1H3,(H,18,21,22). The number of hydrogen-bond donors (Lipinski definition) is 1. The maximum Gasteiger partial charge on any atom is 0.229 e. The van der Waals surface area contributed by atoms with E-state index in [9.17, 15) is 4.39 Å². The molecule has 0 aliphatic heterocycles. The lowest BCUT2D eigenvalue weighted by atomic mass is 10.2. The normalized spacial score (nSPS) is 11.1. The average Bonchev–Trinajstić information content (AvgIpc) is 3.16. The van der Waals surface area contributed by atoms with Crippen LogP contribution in [0.25, 0.3) is 11.0 Å². The number of hydrogen-bond acceptors (Lipinski definition) is 6. The van der Waals surface area contributed by atoms with E-state index in [0.717, 1.165) is 11.1 Å². The van der Waals surface area contributed by atoms with E-state index in [-0.39, 0.29) is 12.4 Å². The Morgan fingerprint density at radius 3 is 2.88 bits per heavy atom. The number of nitrogens with one attached hydrogen (secondary N) is 1. The summed E-state index contributed by atoms with van der Waals surface area (Å²) in [6.07, 6.45) is 9.56. The molecule has 0 fully saturated rings. The first-order chi connectivity index (χ1) is 11.7. The Morgan fingerprint density at radius 2 is 2.08 bits per heavy atom. The van der Waals surface area contributed by atoms with Crippen LogP contribution in [0.4, 0.5) is 16.0 Å². The van der Waals surface area contributed by atoms with E-state index < -0.39 is 0 Å². The Hall–Kier alpha value is -3.36. The van der Waals surface area contributed by atoms with Crippen LogP contribution < -0.4 is 5.32 Å². The van der Waals surface area contributed by atoms with Gasteiger partial charge in [0.1, 0.15) is 5.82 Å². The van der Waals surface area contributed by atoms with Crippen LogP contribution in [-0.4, -0.2) is 34.5 Å². The van der Waals surface area contributed by atoms with Crippen LogP contribution in [0.1, 0.15) is 5.56 Å². The summed E-state index contributed by atoms with van der Waals surface area (Å²) in [6.45, 7) is 0.265. The lowest BCUT2D eigenvalue weighted by Gasteiger charge is -2.05. The van der Waals surface area contributed by atoms with Crippen LogP contribution in [0.2, 0.25) is 0 Å². The number of aryl methyl sites for hydroxylation is 1. The van der Waals surface area contributed by atoms with Crippen molar-refractivity contribution in [2.75, 3.05) is 5.32 Å². The summed E-state index contributed by atoms with van der Waals surface area (Å²) in [5.74, 6) is 0.0522. The second kappa shape index (κ2) is 5.69. The predicted molar refractivity (Wildman–Crippen MR) is 85.1 cm³/mol. The molecule has 4 aromatic heterocycles. The number of halogens is 1. The van der Waals surface area contributed by atoms with Crippen LogP contribution in [-0.2, 0) is 13.6 Å². The van der Waals surface area contributed by atoms with Gasteiger partial charge in [0.25, 0.3) is 0 Å². The first-order valence-electron chi connectivity index (χ1n) is 7.21. The highest BCUT2D eigenvalue weighted by Crippen LogP contribution is 2.17. The number of fused-ring (bicyclic) bond motifs is 1. The van der Waals surface area contributed by atoms with Crippen molar-refractivity contribution in [3.63, 3.8) is 0 Å². The number of aromatic nitrogens is 7. The third-order valence-electron chi connectivity index (χ3n) is 3.51. The van der Waals surface area contributed by atoms with Crippen LogP contribution in [0.5, 0.6) is 0 Å². The second-order valence-electron chi connectivity index (χ2n) is 5.27. The fraction of sp³-hybridized carbons (Fsp3) is 0.133. The molecule has 8 nitrogen and oxygen atoms in total. The van der Waals surface area contributed by atoms with E-state index in [1.807, 2.05) is 13.2 Å². The molecule has 0 radical (unpaired) electrons. The highest BCUT2D eigenvalue weighted by Gasteiger charge is 2.10. The van der Waals surface area contributed by atoms with E-state index >= 15 is 0 Å². The Bertz CT molecular complexity index is 1010. The molecular formula is C15H13FN8. The summed E-state index contributed by atoms with van der Waals surface area (Å²) in [6, 6.07) is 1.62. The summed E-state index contributed by atoms with van der Waals surface area (Å²) in [5.41, 5.74) is 1.89. The Balaban J connectivity index is 1.67. The highest BCUT2D eigenvalue weighted by atomic mass is 19.1. The predicted octanol–water partition coefficient (Wildman–Crippen LogP) is 1.89. The number of nitrogens with zero attached hydrogens (tertiary/aromatic N) is 7. The minimum atomic E-state index is -0.371. The quantitative estimate of drug-likeness (QED) is 0.617. The zero-order chi connectivity index (χ0) is 16.5. The third kappa shape index (κ3) is 2.67. The second-order valence-corrected chi connectivity index (χ2v) is 5.27. The molecule has 0 saturated heterocycles. The molecule has 0 bridgehead atoms. The minimum absolute atomic E-state index is 0.265. The molecule has 0 unspecified atom stereocenters. The SMILES string of the molecule is Cn1cc(Nc2ncc3cnn(Cc4ccncc4F)c3n2)cn1. The molecule has 4 aromatic rings. The summed E-state index contributed by atoms with van der Waals surface area (Å²) in [5, 5.41) is 12.2. The van der Waals surface area contributed by atoms with Gasteiger partial charge in [-0.3, -0.25) is 9.67 Å². The molecule has 120 valence electrons. The van der Waals surface area contributed by atoms with Crippen molar-refractivity contribution in [3.05, 3.63) is 54.6 Å². The van der Waals surface area contributed by atoms with Crippen LogP contribution in [0.15, 0.2) is 43.2 Å². The van der Waals surface area contributed by atoms with Crippen molar-refractivity contribution in [3.8, 4) is 0 Å². The maximum absolute atomic E-state index is 13.8. The van der Waals surface area contributed by atoms with E-state index in [1.54, 1.807) is 40.2 Å². The van der Waals surface area contributed by atoms with Crippen molar-refractivity contribution < 1.29 is 4.39 Å². The van der Waals surface area contributed by atoms with Gasteiger partial charge in [-0.25, -0.2) is 14.1 Å². The van der Waals surface area contributed by atoms with Gasteiger partial charge in [-0.15, -0.1) is 0 Å². The fourth-order valence-corrected chi connectivity index (χ4v) is 2.35. The molecule has 1 N–H and O–H groups in total. The smallest absolute Gasteiger partial charge is 0.229 e. The van der Waals surface area contributed by atoms with Crippen molar-refractivity contribution in [2.45, 2.75) is 6.54 Å². The van der Waals surface area contributed by atoms with Crippen molar-refractivity contribution in [1.82, 2.24) is 34.5 Å². The molecule has 24 heavy (non-hydrogen) atoms. The van der Waals surface area contributed by atoms with Crippen molar-refractivity contribution in [1.29, 1.82) is 0 Å². The lowest BCUT2D eigenvalue weighted by molar-refractivity contribution is 0.583. The number of rotatable bonds is 4. The molecule has 0 spiro atoms. The van der Waals surface area contributed by atoms with Crippen LogP contribution in [0, 0.1) is 5.82 Å². The molecule has 0 aromatic carbocycles. The van der Waals surface area contributed by atoms with E-state index in [4.69, 9.17) is 0 Å². The number of pyridine rings is 1. The van der Waals surface area contributed by atoms with Gasteiger partial charge in [0, 0.05) is 31.2 Å². The van der Waals surface area contributed by atoms with E-state index in [1.165, 1.54) is 6.20 Å². The summed E-state index contributed by atoms with van der Waals surface area (Å²) >= 11 is 0. The minimum Gasteiger partial charge on any atom is -0.321 e. The van der Waals surface area contributed by atoms with Gasteiger partial charge >= 0.3 is 0 Å². The van der Waals surface area contributed by atoms with Crippen LogP contribution in [0.3, 0.4) is 0 Å². The van der Waals surface area contributed by atoms with E-state index in [2.05, 4.69) is 30.5 Å². The van der Waals surface area contributed by atoms with Gasteiger partial charge in [-0.05, 0) is 6.07 Å². The summed E-state index contributed by atoms with van der Waals surface area (Å²) in [4.78, 5) is 12.5. The Labute approximate surface area is 136 Å². The molecular weight excluding hydrogens is 311 g/mol. The van der Waals surface area contributed by atoms with Gasteiger partial charge < -0.3 is 5.32 Å². The van der Waals surface area contributed by atoms with Crippen LogP contribution >= 0.6 is 0 Å². The highest BCUT2D eigenvalue weighted by molar-refractivity contribution is 5.75. The van der Waals surface area contributed by atoms with E-state index in [0.29, 0.717) is 17.2 Å².